The fourth-order valence-corrected chi connectivity index (χ4v) is 1.66. The van der Waals surface area contributed by atoms with Crippen LogP contribution in [0.1, 0.15) is 30.2 Å². The summed E-state index contributed by atoms with van der Waals surface area (Å²) in [5, 5.41) is 9.31. The van der Waals surface area contributed by atoms with Gasteiger partial charge in [0.05, 0.1) is 17.0 Å². The van der Waals surface area contributed by atoms with Gasteiger partial charge in [-0.15, -0.1) is 0 Å². The molecule has 0 atom stereocenters. The Morgan fingerprint density at radius 1 is 1.67 bits per heavy atom. The van der Waals surface area contributed by atoms with Crippen molar-refractivity contribution in [1.82, 2.24) is 9.97 Å². The van der Waals surface area contributed by atoms with E-state index < -0.39 is 5.97 Å². The number of nitrogens with zero attached hydrogens (tertiary/aromatic N) is 2. The van der Waals surface area contributed by atoms with Crippen molar-refractivity contribution < 1.29 is 9.90 Å². The molecule has 0 spiro atoms. The normalized spacial score (nSPS) is 10.7. The topological polar surface area (TPSA) is 63.1 Å². The first kappa shape index (κ1) is 12.3. The summed E-state index contributed by atoms with van der Waals surface area (Å²) in [7, 11) is 0. The molecule has 0 amide bonds. The monoisotopic (exact) mass is 246 g/mol. The van der Waals surface area contributed by atoms with Crippen LogP contribution < -0.4 is 0 Å². The van der Waals surface area contributed by atoms with Crippen LogP contribution in [-0.4, -0.2) is 26.3 Å². The third-order valence-electron chi connectivity index (χ3n) is 1.54. The first-order valence-corrected chi connectivity index (χ1v) is 5.79. The summed E-state index contributed by atoms with van der Waals surface area (Å²) in [6.07, 6.45) is 1.33. The van der Waals surface area contributed by atoms with E-state index in [9.17, 15) is 4.79 Å². The highest BCUT2D eigenvalue weighted by molar-refractivity contribution is 7.99. The number of halogens is 1. The molecule has 0 radical (unpaired) electrons. The lowest BCUT2D eigenvalue weighted by Gasteiger charge is -2.04. The molecule has 15 heavy (non-hydrogen) atoms. The molecule has 0 bridgehead atoms. The lowest BCUT2D eigenvalue weighted by molar-refractivity contribution is 0.0690. The minimum Gasteiger partial charge on any atom is -0.476 e. The molecule has 0 aliphatic carbocycles. The number of hydrogen-bond donors (Lipinski definition) is 1. The van der Waals surface area contributed by atoms with Gasteiger partial charge in [0.15, 0.2) is 5.69 Å². The van der Waals surface area contributed by atoms with E-state index in [0.717, 1.165) is 0 Å². The van der Waals surface area contributed by atoms with Gasteiger partial charge in [0, 0.05) is 0 Å². The van der Waals surface area contributed by atoms with Crippen LogP contribution in [0, 0.1) is 0 Å². The Morgan fingerprint density at radius 2 is 2.33 bits per heavy atom. The van der Waals surface area contributed by atoms with Crippen LogP contribution in [0.2, 0.25) is 5.02 Å². The first-order chi connectivity index (χ1) is 7.00. The summed E-state index contributed by atoms with van der Waals surface area (Å²) in [5.41, 5.74) is -0.133. The number of hydrogen-bond acceptors (Lipinski definition) is 4. The molecule has 0 saturated heterocycles. The maximum absolute atomic E-state index is 10.7. The minimum absolute atomic E-state index is 0.0702. The van der Waals surface area contributed by atoms with E-state index in [-0.39, 0.29) is 10.7 Å². The molecule has 0 saturated carbocycles. The molecule has 4 nitrogen and oxygen atoms in total. The molecule has 1 aromatic heterocycles. The molecule has 1 heterocycles. The smallest absolute Gasteiger partial charge is 0.356 e. The number of thioether (sulfide) groups is 1. The van der Waals surface area contributed by atoms with Crippen molar-refractivity contribution in [2.45, 2.75) is 24.9 Å². The van der Waals surface area contributed by atoms with Crippen LogP contribution in [0.4, 0.5) is 0 Å². The van der Waals surface area contributed by atoms with Gasteiger partial charge in [-0.2, -0.15) is 11.8 Å². The molecule has 1 rings (SSSR count). The van der Waals surface area contributed by atoms with Crippen molar-refractivity contribution in [3.8, 4) is 0 Å². The van der Waals surface area contributed by atoms with E-state index >= 15 is 0 Å². The summed E-state index contributed by atoms with van der Waals surface area (Å²) in [5.74, 6) is -0.0385. The molecule has 6 heteroatoms. The minimum atomic E-state index is -1.13. The van der Waals surface area contributed by atoms with Crippen LogP contribution in [0.25, 0.3) is 0 Å². The van der Waals surface area contributed by atoms with Crippen LogP contribution in [0.3, 0.4) is 0 Å². The zero-order chi connectivity index (χ0) is 11.4. The second-order valence-electron chi connectivity index (χ2n) is 3.15. The van der Waals surface area contributed by atoms with Crippen LogP contribution in [0.5, 0.6) is 0 Å². The Labute approximate surface area is 97.1 Å². The van der Waals surface area contributed by atoms with E-state index in [1.54, 1.807) is 11.8 Å². The highest BCUT2D eigenvalue weighted by Crippen LogP contribution is 2.17. The summed E-state index contributed by atoms with van der Waals surface area (Å²) >= 11 is 7.29. The van der Waals surface area contributed by atoms with Crippen LogP contribution >= 0.6 is 23.4 Å². The van der Waals surface area contributed by atoms with E-state index in [0.29, 0.717) is 16.8 Å². The lowest BCUT2D eigenvalue weighted by Crippen LogP contribution is -2.06. The second kappa shape index (κ2) is 5.32. The van der Waals surface area contributed by atoms with Crippen molar-refractivity contribution in [2.24, 2.45) is 0 Å². The first-order valence-electron chi connectivity index (χ1n) is 4.37. The standard InChI is InChI=1S/C9H11ClN2O2S/c1-5(2)15-4-7-11-3-6(10)8(12-7)9(13)14/h3,5H,4H2,1-2H3,(H,13,14). The van der Waals surface area contributed by atoms with Gasteiger partial charge in [0.25, 0.3) is 0 Å². The second-order valence-corrected chi connectivity index (χ2v) is 5.12. The van der Waals surface area contributed by atoms with E-state index in [2.05, 4.69) is 23.8 Å². The molecule has 0 aromatic carbocycles. The van der Waals surface area contributed by atoms with Gasteiger partial charge in [-0.1, -0.05) is 25.4 Å². The van der Waals surface area contributed by atoms with Crippen molar-refractivity contribution in [1.29, 1.82) is 0 Å². The predicted octanol–water partition coefficient (Wildman–Crippen LogP) is 2.47. The summed E-state index contributed by atoms with van der Waals surface area (Å²) in [4.78, 5) is 18.6. The van der Waals surface area contributed by atoms with Crippen molar-refractivity contribution >= 4 is 29.3 Å². The Hall–Kier alpha value is -0.810. The average Bonchev–Trinajstić information content (AvgIpc) is 2.16. The number of carboxylic acids is 1. The third-order valence-corrected chi connectivity index (χ3v) is 2.91. The highest BCUT2D eigenvalue weighted by Gasteiger charge is 2.12. The van der Waals surface area contributed by atoms with Gasteiger partial charge < -0.3 is 5.11 Å². The zero-order valence-corrected chi connectivity index (χ0v) is 9.97. The van der Waals surface area contributed by atoms with Gasteiger partial charge in [0.1, 0.15) is 5.82 Å². The molecule has 0 fully saturated rings. The quantitative estimate of drug-likeness (QED) is 0.884. The fraction of sp³-hybridized carbons (Fsp3) is 0.444. The van der Waals surface area contributed by atoms with E-state index in [4.69, 9.17) is 16.7 Å². The Bertz CT molecular complexity index is 371. The summed E-state index contributed by atoms with van der Waals surface area (Å²) in [6, 6.07) is 0. The molecule has 1 N–H and O–H groups in total. The number of carboxylic acid groups (broad SMARTS) is 1. The summed E-state index contributed by atoms with van der Waals surface area (Å²) in [6.45, 7) is 4.11. The molecule has 0 aliphatic rings. The van der Waals surface area contributed by atoms with Gasteiger partial charge in [-0.3, -0.25) is 0 Å². The third kappa shape index (κ3) is 3.68. The van der Waals surface area contributed by atoms with Crippen molar-refractivity contribution in [2.75, 3.05) is 0 Å². The molecule has 82 valence electrons. The lowest BCUT2D eigenvalue weighted by atomic mass is 10.4. The molecule has 0 aliphatic heterocycles. The van der Waals surface area contributed by atoms with Gasteiger partial charge in [0.2, 0.25) is 0 Å². The molecule has 0 unspecified atom stereocenters. The Morgan fingerprint density at radius 3 is 2.87 bits per heavy atom. The molecular formula is C9H11ClN2O2S. The largest absolute Gasteiger partial charge is 0.476 e. The number of rotatable bonds is 4. The molecular weight excluding hydrogens is 236 g/mol. The fourth-order valence-electron chi connectivity index (χ4n) is 0.864. The average molecular weight is 247 g/mol. The Kier molecular flexibility index (Phi) is 4.35. The van der Waals surface area contributed by atoms with Crippen LogP contribution in [-0.2, 0) is 5.75 Å². The SMILES string of the molecule is CC(C)SCc1ncc(Cl)c(C(=O)O)n1. The van der Waals surface area contributed by atoms with Gasteiger partial charge in [-0.05, 0) is 5.25 Å². The molecule has 1 aromatic rings. The Balaban J connectivity index is 2.83. The van der Waals surface area contributed by atoms with Gasteiger partial charge in [-0.25, -0.2) is 14.8 Å². The zero-order valence-electron chi connectivity index (χ0n) is 8.40. The van der Waals surface area contributed by atoms with E-state index in [1.165, 1.54) is 6.20 Å². The van der Waals surface area contributed by atoms with E-state index in [1.807, 2.05) is 0 Å². The van der Waals surface area contributed by atoms with Crippen molar-refractivity contribution in [3.05, 3.63) is 22.7 Å². The number of aromatic nitrogens is 2. The van der Waals surface area contributed by atoms with Gasteiger partial charge >= 0.3 is 5.97 Å². The number of carbonyl (C=O) groups is 1. The summed E-state index contributed by atoms with van der Waals surface area (Å²) < 4.78 is 0. The number of aromatic carboxylic acids is 1. The van der Waals surface area contributed by atoms with Crippen molar-refractivity contribution in [3.63, 3.8) is 0 Å². The maximum Gasteiger partial charge on any atom is 0.356 e. The highest BCUT2D eigenvalue weighted by atomic mass is 35.5. The maximum atomic E-state index is 10.7. The van der Waals surface area contributed by atoms with Crippen LogP contribution in [0.15, 0.2) is 6.20 Å². The predicted molar refractivity (Wildman–Crippen MR) is 60.4 cm³/mol.